The lowest BCUT2D eigenvalue weighted by Crippen LogP contribution is -2.04. The molecule has 0 radical (unpaired) electrons. The molecule has 2 N–H and O–H groups in total. The van der Waals surface area contributed by atoms with Gasteiger partial charge in [0.1, 0.15) is 11.6 Å². The minimum atomic E-state index is -1.01. The average Bonchev–Trinajstić information content (AvgIpc) is 3.18. The van der Waals surface area contributed by atoms with E-state index in [9.17, 15) is 9.18 Å². The first-order chi connectivity index (χ1) is 14.1. The SMILES string of the molecule is O=C(O)c1ccnc(NCc2cn(-c3ccccc3)nc2-c2ccc(F)cc2)c1. The number of anilines is 1. The standard InChI is InChI=1S/C22H17FN4O2/c23-18-8-6-15(7-9-18)21-17(14-27(26-21)19-4-2-1-3-5-19)13-25-20-12-16(22(28)29)10-11-24-20/h1-12,14H,13H2,(H,24,25)(H,28,29). The number of aromatic carboxylic acids is 1. The Balaban J connectivity index is 1.67. The summed E-state index contributed by atoms with van der Waals surface area (Å²) in [5.74, 6) is -0.882. The first-order valence-corrected chi connectivity index (χ1v) is 8.93. The Morgan fingerprint density at radius 2 is 1.83 bits per heavy atom. The Bertz CT molecular complexity index is 1140. The minimum Gasteiger partial charge on any atom is -0.478 e. The van der Waals surface area contributed by atoms with E-state index < -0.39 is 5.97 Å². The van der Waals surface area contributed by atoms with Gasteiger partial charge in [-0.25, -0.2) is 18.9 Å². The Hall–Kier alpha value is -4.00. The molecule has 144 valence electrons. The Morgan fingerprint density at radius 3 is 2.55 bits per heavy atom. The molecule has 7 heteroatoms. The number of para-hydroxylation sites is 1. The highest BCUT2D eigenvalue weighted by Gasteiger charge is 2.13. The Labute approximate surface area is 166 Å². The number of rotatable bonds is 6. The number of carboxylic acid groups (broad SMARTS) is 1. The van der Waals surface area contributed by atoms with Gasteiger partial charge < -0.3 is 10.4 Å². The number of halogens is 1. The molecule has 0 amide bonds. The fourth-order valence-corrected chi connectivity index (χ4v) is 2.95. The number of aromatic nitrogens is 3. The van der Waals surface area contributed by atoms with Gasteiger partial charge in [0.05, 0.1) is 16.9 Å². The third-order valence-corrected chi connectivity index (χ3v) is 4.40. The summed E-state index contributed by atoms with van der Waals surface area (Å²) in [5, 5.41) is 17.0. The second kappa shape index (κ2) is 7.93. The first-order valence-electron chi connectivity index (χ1n) is 8.93. The van der Waals surface area contributed by atoms with E-state index >= 15 is 0 Å². The molecule has 2 aromatic heterocycles. The third kappa shape index (κ3) is 4.14. The molecule has 0 unspecified atom stereocenters. The number of nitrogens with one attached hydrogen (secondary N) is 1. The smallest absolute Gasteiger partial charge is 0.335 e. The van der Waals surface area contributed by atoms with Crippen molar-refractivity contribution in [1.29, 1.82) is 0 Å². The lowest BCUT2D eigenvalue weighted by atomic mass is 10.1. The van der Waals surface area contributed by atoms with Crippen molar-refractivity contribution in [1.82, 2.24) is 14.8 Å². The molecule has 4 aromatic rings. The molecule has 2 aromatic carbocycles. The normalized spacial score (nSPS) is 10.7. The summed E-state index contributed by atoms with van der Waals surface area (Å²) in [6, 6.07) is 18.7. The Morgan fingerprint density at radius 1 is 1.07 bits per heavy atom. The number of pyridine rings is 1. The zero-order valence-corrected chi connectivity index (χ0v) is 15.3. The van der Waals surface area contributed by atoms with E-state index in [0.29, 0.717) is 18.1 Å². The van der Waals surface area contributed by atoms with Crippen LogP contribution in [0.2, 0.25) is 0 Å². The van der Waals surface area contributed by atoms with Crippen LogP contribution in [0.4, 0.5) is 10.2 Å². The van der Waals surface area contributed by atoms with Crippen molar-refractivity contribution in [2.24, 2.45) is 0 Å². The van der Waals surface area contributed by atoms with Crippen LogP contribution in [0.1, 0.15) is 15.9 Å². The molecule has 0 saturated carbocycles. The molecule has 0 saturated heterocycles. The molecule has 0 fully saturated rings. The van der Waals surface area contributed by atoms with Crippen LogP contribution >= 0.6 is 0 Å². The van der Waals surface area contributed by atoms with Gasteiger partial charge in [0.25, 0.3) is 0 Å². The maximum atomic E-state index is 13.4. The molecule has 0 spiro atoms. The number of hydrogen-bond acceptors (Lipinski definition) is 4. The van der Waals surface area contributed by atoms with Crippen molar-refractivity contribution in [3.8, 4) is 16.9 Å². The second-order valence-electron chi connectivity index (χ2n) is 6.38. The van der Waals surface area contributed by atoms with E-state index in [-0.39, 0.29) is 11.4 Å². The molecule has 0 bridgehead atoms. The minimum absolute atomic E-state index is 0.154. The number of benzene rings is 2. The third-order valence-electron chi connectivity index (χ3n) is 4.40. The van der Waals surface area contributed by atoms with Gasteiger partial charge >= 0.3 is 5.97 Å². The summed E-state index contributed by atoms with van der Waals surface area (Å²) in [6.45, 7) is 0.371. The maximum Gasteiger partial charge on any atom is 0.335 e. The van der Waals surface area contributed by atoms with Crippen LogP contribution in [0, 0.1) is 5.82 Å². The molecule has 4 rings (SSSR count). The van der Waals surface area contributed by atoms with Crippen LogP contribution in [0.15, 0.2) is 79.1 Å². The zero-order valence-electron chi connectivity index (χ0n) is 15.3. The van der Waals surface area contributed by atoms with Crippen LogP contribution in [-0.2, 0) is 6.54 Å². The monoisotopic (exact) mass is 388 g/mol. The van der Waals surface area contributed by atoms with E-state index in [1.54, 1.807) is 16.8 Å². The largest absolute Gasteiger partial charge is 0.478 e. The lowest BCUT2D eigenvalue weighted by Gasteiger charge is -2.06. The fraction of sp³-hybridized carbons (Fsp3) is 0.0455. The van der Waals surface area contributed by atoms with Crippen molar-refractivity contribution >= 4 is 11.8 Å². The summed E-state index contributed by atoms with van der Waals surface area (Å²) in [4.78, 5) is 15.3. The van der Waals surface area contributed by atoms with E-state index in [0.717, 1.165) is 16.8 Å². The summed E-state index contributed by atoms with van der Waals surface area (Å²) in [7, 11) is 0. The molecule has 0 aliphatic rings. The van der Waals surface area contributed by atoms with Gasteiger partial charge in [0.2, 0.25) is 0 Å². The lowest BCUT2D eigenvalue weighted by molar-refractivity contribution is 0.0697. The van der Waals surface area contributed by atoms with Gasteiger partial charge in [0, 0.05) is 30.1 Å². The molecule has 0 aliphatic carbocycles. The van der Waals surface area contributed by atoms with Gasteiger partial charge in [-0.2, -0.15) is 5.10 Å². The van der Waals surface area contributed by atoms with E-state index in [2.05, 4.69) is 15.4 Å². The van der Waals surface area contributed by atoms with Crippen molar-refractivity contribution in [3.63, 3.8) is 0 Å². The highest BCUT2D eigenvalue weighted by Crippen LogP contribution is 2.25. The van der Waals surface area contributed by atoms with E-state index in [1.807, 2.05) is 36.5 Å². The van der Waals surface area contributed by atoms with Crippen molar-refractivity contribution in [2.75, 3.05) is 5.32 Å². The van der Waals surface area contributed by atoms with E-state index in [1.165, 1.54) is 30.5 Å². The summed E-state index contributed by atoms with van der Waals surface area (Å²) < 4.78 is 15.1. The van der Waals surface area contributed by atoms with Crippen LogP contribution in [0.3, 0.4) is 0 Å². The quantitative estimate of drug-likeness (QED) is 0.512. The average molecular weight is 388 g/mol. The molecule has 2 heterocycles. The summed E-state index contributed by atoms with van der Waals surface area (Å²) in [5.41, 5.74) is 3.40. The Kier molecular flexibility index (Phi) is 5.03. The molecular formula is C22H17FN4O2. The van der Waals surface area contributed by atoms with Gasteiger partial charge in [-0.05, 0) is 48.5 Å². The first kappa shape index (κ1) is 18.4. The second-order valence-corrected chi connectivity index (χ2v) is 6.38. The number of carbonyl (C=O) groups is 1. The van der Waals surface area contributed by atoms with Crippen LogP contribution < -0.4 is 5.32 Å². The van der Waals surface area contributed by atoms with Crippen molar-refractivity contribution in [3.05, 3.63) is 96.1 Å². The van der Waals surface area contributed by atoms with Gasteiger partial charge in [-0.3, -0.25) is 0 Å². The van der Waals surface area contributed by atoms with Crippen LogP contribution in [-0.4, -0.2) is 25.8 Å². The number of hydrogen-bond donors (Lipinski definition) is 2. The predicted octanol–water partition coefficient (Wildman–Crippen LogP) is 4.38. The summed E-state index contributed by atoms with van der Waals surface area (Å²) in [6.07, 6.45) is 3.34. The molecule has 0 aliphatic heterocycles. The molecule has 29 heavy (non-hydrogen) atoms. The van der Waals surface area contributed by atoms with Gasteiger partial charge in [-0.15, -0.1) is 0 Å². The fourth-order valence-electron chi connectivity index (χ4n) is 2.95. The van der Waals surface area contributed by atoms with E-state index in [4.69, 9.17) is 5.11 Å². The highest BCUT2D eigenvalue weighted by atomic mass is 19.1. The van der Waals surface area contributed by atoms with Crippen molar-refractivity contribution < 1.29 is 14.3 Å². The number of nitrogens with zero attached hydrogens (tertiary/aromatic N) is 3. The van der Waals surface area contributed by atoms with Crippen LogP contribution in [0.25, 0.3) is 16.9 Å². The van der Waals surface area contributed by atoms with Crippen molar-refractivity contribution in [2.45, 2.75) is 6.54 Å². The molecular weight excluding hydrogens is 371 g/mol. The topological polar surface area (TPSA) is 80.0 Å². The predicted molar refractivity (Wildman–Crippen MR) is 107 cm³/mol. The van der Waals surface area contributed by atoms with Gasteiger partial charge in [-0.1, -0.05) is 18.2 Å². The molecule has 0 atom stereocenters. The summed E-state index contributed by atoms with van der Waals surface area (Å²) >= 11 is 0. The maximum absolute atomic E-state index is 13.4. The molecule has 6 nitrogen and oxygen atoms in total. The van der Waals surface area contributed by atoms with Gasteiger partial charge in [0.15, 0.2) is 0 Å². The highest BCUT2D eigenvalue weighted by molar-refractivity contribution is 5.88. The van der Waals surface area contributed by atoms with Crippen LogP contribution in [0.5, 0.6) is 0 Å². The zero-order chi connectivity index (χ0) is 20.2. The number of carboxylic acids is 1.